The van der Waals surface area contributed by atoms with Crippen LogP contribution in [0, 0.1) is 5.92 Å². The summed E-state index contributed by atoms with van der Waals surface area (Å²) in [4.78, 5) is 45.2. The maximum absolute atomic E-state index is 12.7. The van der Waals surface area contributed by atoms with Crippen molar-refractivity contribution < 1.29 is 14.7 Å². The van der Waals surface area contributed by atoms with Gasteiger partial charge in [0.15, 0.2) is 0 Å². The van der Waals surface area contributed by atoms with Crippen LogP contribution in [0.3, 0.4) is 0 Å². The number of hydrogen-bond donors (Lipinski definition) is 2. The summed E-state index contributed by atoms with van der Waals surface area (Å²) in [7, 11) is 0. The van der Waals surface area contributed by atoms with E-state index in [9.17, 15) is 19.5 Å². The van der Waals surface area contributed by atoms with Crippen LogP contribution in [-0.4, -0.2) is 69.0 Å². The Hall–Kier alpha value is -2.22. The van der Waals surface area contributed by atoms with E-state index in [1.807, 2.05) is 13.8 Å². The first kappa shape index (κ1) is 18.1. The number of amides is 2. The molecule has 0 aliphatic carbocycles. The molecule has 8 nitrogen and oxygen atoms in total. The molecule has 1 fully saturated rings. The van der Waals surface area contributed by atoms with E-state index in [4.69, 9.17) is 0 Å². The van der Waals surface area contributed by atoms with E-state index in [2.05, 4.69) is 9.97 Å². The number of aromatic amines is 1. The van der Waals surface area contributed by atoms with Crippen LogP contribution in [-0.2, 0) is 11.2 Å². The van der Waals surface area contributed by atoms with Gasteiger partial charge in [0.25, 0.3) is 5.91 Å². The van der Waals surface area contributed by atoms with Gasteiger partial charge in [-0.15, -0.1) is 0 Å². The van der Waals surface area contributed by atoms with E-state index < -0.39 is 17.7 Å². The summed E-state index contributed by atoms with van der Waals surface area (Å²) in [5, 5.41) is 10.0. The van der Waals surface area contributed by atoms with Crippen molar-refractivity contribution in [3.63, 3.8) is 0 Å². The average Bonchev–Trinajstić information content (AvgIpc) is 2.67. The van der Waals surface area contributed by atoms with E-state index in [0.29, 0.717) is 31.1 Å². The van der Waals surface area contributed by atoms with Crippen LogP contribution in [0.1, 0.15) is 37.0 Å². The largest absolute Gasteiger partial charge is 0.389 e. The number of aliphatic hydroxyl groups excluding tert-OH is 1. The molecule has 0 radical (unpaired) electrons. The third-order valence-electron chi connectivity index (χ3n) is 3.88. The molecular formula is C16H24N4O4. The Morgan fingerprint density at radius 3 is 2.58 bits per heavy atom. The lowest BCUT2D eigenvalue weighted by Gasteiger charge is -2.21. The molecule has 8 heteroatoms. The van der Waals surface area contributed by atoms with Crippen LogP contribution < -0.4 is 5.69 Å². The topological polar surface area (TPSA) is 107 Å². The van der Waals surface area contributed by atoms with Crippen LogP contribution in [0.15, 0.2) is 10.9 Å². The molecule has 1 unspecified atom stereocenters. The Morgan fingerprint density at radius 2 is 1.96 bits per heavy atom. The summed E-state index contributed by atoms with van der Waals surface area (Å²) in [6.07, 6.45) is -0.184. The zero-order valence-corrected chi connectivity index (χ0v) is 14.3. The molecule has 1 aromatic heterocycles. The summed E-state index contributed by atoms with van der Waals surface area (Å²) in [6.45, 7) is 6.41. The van der Waals surface area contributed by atoms with Gasteiger partial charge in [-0.1, -0.05) is 13.8 Å². The van der Waals surface area contributed by atoms with Crippen molar-refractivity contribution in [3.05, 3.63) is 27.9 Å². The summed E-state index contributed by atoms with van der Waals surface area (Å²) in [5.74, 6) is -0.220. The van der Waals surface area contributed by atoms with Gasteiger partial charge in [0, 0.05) is 38.8 Å². The van der Waals surface area contributed by atoms with Crippen molar-refractivity contribution in [1.82, 2.24) is 19.8 Å². The molecule has 24 heavy (non-hydrogen) atoms. The molecule has 1 saturated heterocycles. The smallest absolute Gasteiger partial charge is 0.345 e. The van der Waals surface area contributed by atoms with Gasteiger partial charge < -0.3 is 19.9 Å². The Balaban J connectivity index is 2.20. The highest BCUT2D eigenvalue weighted by molar-refractivity contribution is 5.92. The highest BCUT2D eigenvalue weighted by Gasteiger charge is 2.27. The minimum Gasteiger partial charge on any atom is -0.389 e. The van der Waals surface area contributed by atoms with Gasteiger partial charge in [-0.25, -0.2) is 4.79 Å². The van der Waals surface area contributed by atoms with Crippen LogP contribution in [0.2, 0.25) is 0 Å². The second kappa shape index (κ2) is 7.57. The molecular weight excluding hydrogens is 312 g/mol. The van der Waals surface area contributed by atoms with Gasteiger partial charge in [0.1, 0.15) is 5.69 Å². The second-order valence-electron chi connectivity index (χ2n) is 6.56. The van der Waals surface area contributed by atoms with Gasteiger partial charge in [0.05, 0.1) is 6.10 Å². The summed E-state index contributed by atoms with van der Waals surface area (Å²) in [6, 6.07) is 1.59. The van der Waals surface area contributed by atoms with Crippen LogP contribution in [0.4, 0.5) is 0 Å². The van der Waals surface area contributed by atoms with Crippen molar-refractivity contribution in [3.8, 4) is 0 Å². The number of β-amino-alcohol motifs (C(OH)–C–C–N with tert-alkyl or cyclic N) is 1. The third-order valence-corrected chi connectivity index (χ3v) is 3.88. The monoisotopic (exact) mass is 336 g/mol. The fourth-order valence-electron chi connectivity index (χ4n) is 2.79. The molecule has 2 N–H and O–H groups in total. The maximum Gasteiger partial charge on any atom is 0.345 e. The molecule has 0 spiro atoms. The Labute approximate surface area is 140 Å². The van der Waals surface area contributed by atoms with E-state index in [0.717, 1.165) is 0 Å². The highest BCUT2D eigenvalue weighted by atomic mass is 16.3. The van der Waals surface area contributed by atoms with E-state index in [1.54, 1.807) is 6.07 Å². The zero-order chi connectivity index (χ0) is 17.9. The van der Waals surface area contributed by atoms with E-state index in [1.165, 1.54) is 16.7 Å². The van der Waals surface area contributed by atoms with Crippen LogP contribution >= 0.6 is 0 Å². The summed E-state index contributed by atoms with van der Waals surface area (Å²) < 4.78 is 0. The normalized spacial score (nSPS) is 18.6. The summed E-state index contributed by atoms with van der Waals surface area (Å²) >= 11 is 0. The fourth-order valence-corrected chi connectivity index (χ4v) is 2.79. The van der Waals surface area contributed by atoms with Crippen molar-refractivity contribution in [1.29, 1.82) is 0 Å². The molecule has 0 saturated carbocycles. The molecule has 132 valence electrons. The van der Waals surface area contributed by atoms with E-state index in [-0.39, 0.29) is 24.7 Å². The predicted molar refractivity (Wildman–Crippen MR) is 87.6 cm³/mol. The highest BCUT2D eigenvalue weighted by Crippen LogP contribution is 2.10. The van der Waals surface area contributed by atoms with Crippen molar-refractivity contribution in [2.45, 2.75) is 33.3 Å². The van der Waals surface area contributed by atoms with Gasteiger partial charge in [-0.3, -0.25) is 9.59 Å². The van der Waals surface area contributed by atoms with Gasteiger partial charge >= 0.3 is 5.69 Å². The number of nitrogens with one attached hydrogen (secondary N) is 1. The number of nitrogens with zero attached hydrogens (tertiary/aromatic N) is 3. The van der Waals surface area contributed by atoms with E-state index >= 15 is 0 Å². The van der Waals surface area contributed by atoms with Crippen molar-refractivity contribution in [2.75, 3.05) is 26.2 Å². The average molecular weight is 336 g/mol. The van der Waals surface area contributed by atoms with Gasteiger partial charge in [-0.05, 0) is 18.4 Å². The Kier molecular flexibility index (Phi) is 5.71. The molecule has 1 aromatic rings. The molecule has 1 aliphatic heterocycles. The lowest BCUT2D eigenvalue weighted by Crippen LogP contribution is -2.39. The minimum absolute atomic E-state index is 0.0675. The van der Waals surface area contributed by atoms with Crippen LogP contribution in [0.5, 0.6) is 0 Å². The SMILES string of the molecule is CC(=O)N1CCN(C(=O)c2cc(CC(C)C)[nH]c(=O)n2)CC(O)C1. The molecule has 2 amide bonds. The Morgan fingerprint density at radius 1 is 1.33 bits per heavy atom. The summed E-state index contributed by atoms with van der Waals surface area (Å²) in [5.41, 5.74) is 0.171. The fraction of sp³-hybridized carbons (Fsp3) is 0.625. The zero-order valence-electron chi connectivity index (χ0n) is 14.3. The van der Waals surface area contributed by atoms with Crippen LogP contribution in [0.25, 0.3) is 0 Å². The molecule has 0 bridgehead atoms. The first-order chi connectivity index (χ1) is 11.3. The molecule has 2 rings (SSSR count). The maximum atomic E-state index is 12.7. The van der Waals surface area contributed by atoms with Crippen molar-refractivity contribution >= 4 is 11.8 Å². The quantitative estimate of drug-likeness (QED) is 0.783. The Bertz CT molecular complexity index is 670. The number of rotatable bonds is 3. The standard InChI is InChI=1S/C16H24N4O4/c1-10(2)6-12-7-14(18-16(24)17-12)15(23)20-5-4-19(11(3)21)8-13(22)9-20/h7,10,13,22H,4-6,8-9H2,1-3H3,(H,17,18,24). The number of aliphatic hydroxyl groups is 1. The molecule has 2 heterocycles. The minimum atomic E-state index is -0.822. The van der Waals surface area contributed by atoms with Gasteiger partial charge in [0.2, 0.25) is 5.91 Å². The van der Waals surface area contributed by atoms with Gasteiger partial charge in [-0.2, -0.15) is 4.98 Å². The lowest BCUT2D eigenvalue weighted by molar-refractivity contribution is -0.129. The number of hydrogen-bond acceptors (Lipinski definition) is 5. The second-order valence-corrected chi connectivity index (χ2v) is 6.56. The predicted octanol–water partition coefficient (Wildman–Crippen LogP) is -0.366. The third kappa shape index (κ3) is 4.64. The molecule has 0 aromatic carbocycles. The number of carbonyl (C=O) groups is 2. The first-order valence-electron chi connectivity index (χ1n) is 8.09. The molecule has 1 atom stereocenters. The van der Waals surface area contributed by atoms with Crippen molar-refractivity contribution in [2.24, 2.45) is 5.92 Å². The first-order valence-corrected chi connectivity index (χ1v) is 8.09. The lowest BCUT2D eigenvalue weighted by atomic mass is 10.1. The number of carbonyl (C=O) groups excluding carboxylic acids is 2. The number of H-pyrrole nitrogens is 1. The number of aromatic nitrogens is 2. The molecule has 1 aliphatic rings.